The molecule has 0 spiro atoms. The third-order valence-corrected chi connectivity index (χ3v) is 6.14. The Balaban J connectivity index is 1.70. The van der Waals surface area contributed by atoms with Crippen LogP contribution in [0.5, 0.6) is 5.75 Å². The van der Waals surface area contributed by atoms with Crippen molar-refractivity contribution >= 4 is 5.97 Å². The summed E-state index contributed by atoms with van der Waals surface area (Å²) >= 11 is 0. The van der Waals surface area contributed by atoms with Crippen molar-refractivity contribution in [2.75, 3.05) is 13.2 Å². The zero-order valence-corrected chi connectivity index (χ0v) is 22.1. The lowest BCUT2D eigenvalue weighted by Crippen LogP contribution is -2.12. The Morgan fingerprint density at radius 2 is 1.29 bits per heavy atom. The fourth-order valence-electron chi connectivity index (χ4n) is 3.83. The number of benzene rings is 2. The van der Waals surface area contributed by atoms with Crippen LogP contribution in [0.15, 0.2) is 48.5 Å². The molecular formula is C32H44O3. The van der Waals surface area contributed by atoms with Crippen molar-refractivity contribution in [1.82, 2.24) is 0 Å². The maximum Gasteiger partial charge on any atom is 0.338 e. The number of carbonyl (C=O) groups excluding carboxylic acids is 1. The second-order valence-electron chi connectivity index (χ2n) is 9.52. The van der Waals surface area contributed by atoms with Gasteiger partial charge in [0.05, 0.1) is 18.8 Å². The first kappa shape index (κ1) is 28.5. The average Bonchev–Trinajstić information content (AvgIpc) is 2.89. The van der Waals surface area contributed by atoms with E-state index in [1.165, 1.54) is 51.4 Å². The van der Waals surface area contributed by atoms with Gasteiger partial charge in [0.2, 0.25) is 0 Å². The topological polar surface area (TPSA) is 35.5 Å². The summed E-state index contributed by atoms with van der Waals surface area (Å²) in [5.74, 6) is 7.36. The minimum Gasteiger partial charge on any atom is -0.494 e. The van der Waals surface area contributed by atoms with Gasteiger partial charge in [-0.1, -0.05) is 90.4 Å². The van der Waals surface area contributed by atoms with Gasteiger partial charge in [0.15, 0.2) is 0 Å². The van der Waals surface area contributed by atoms with Crippen LogP contribution < -0.4 is 4.74 Å². The Morgan fingerprint density at radius 1 is 0.743 bits per heavy atom. The molecule has 0 aliphatic carbocycles. The predicted molar refractivity (Wildman–Crippen MR) is 146 cm³/mol. The number of hydrogen-bond acceptors (Lipinski definition) is 3. The molecule has 0 bridgehead atoms. The maximum absolute atomic E-state index is 12.3. The van der Waals surface area contributed by atoms with E-state index in [4.69, 9.17) is 9.47 Å². The molecule has 190 valence electrons. The standard InChI is InChI=1S/C32H44O3/c1-4-6-8-9-10-11-12-13-25-34-31-23-19-29(20-24-31)16-15-28-17-21-30(22-18-28)32(33)35-26-27(3)14-7-5-2/h17-24,27H,4-14,25-26H2,1-3H3/t27-/m0/s1. The van der Waals surface area contributed by atoms with Gasteiger partial charge in [-0.15, -0.1) is 0 Å². The van der Waals surface area contributed by atoms with Gasteiger partial charge in [0.25, 0.3) is 0 Å². The number of rotatable bonds is 16. The van der Waals surface area contributed by atoms with Crippen molar-refractivity contribution in [2.45, 2.75) is 91.4 Å². The molecule has 35 heavy (non-hydrogen) atoms. The van der Waals surface area contributed by atoms with Crippen LogP contribution in [0.3, 0.4) is 0 Å². The molecule has 2 aromatic carbocycles. The van der Waals surface area contributed by atoms with Crippen molar-refractivity contribution in [3.63, 3.8) is 0 Å². The van der Waals surface area contributed by atoms with Gasteiger partial charge in [0, 0.05) is 11.1 Å². The molecule has 0 radical (unpaired) electrons. The van der Waals surface area contributed by atoms with Crippen LogP contribution in [-0.4, -0.2) is 19.2 Å². The fraction of sp³-hybridized carbons (Fsp3) is 0.531. The van der Waals surface area contributed by atoms with E-state index in [1.807, 2.05) is 36.4 Å². The normalized spacial score (nSPS) is 11.4. The molecule has 0 aliphatic heterocycles. The van der Waals surface area contributed by atoms with Crippen molar-refractivity contribution < 1.29 is 14.3 Å². The van der Waals surface area contributed by atoms with E-state index in [2.05, 4.69) is 32.6 Å². The molecule has 0 saturated carbocycles. The minimum atomic E-state index is -0.268. The van der Waals surface area contributed by atoms with E-state index in [-0.39, 0.29) is 5.97 Å². The van der Waals surface area contributed by atoms with Gasteiger partial charge >= 0.3 is 5.97 Å². The van der Waals surface area contributed by atoms with Gasteiger partial charge in [0.1, 0.15) is 5.75 Å². The van der Waals surface area contributed by atoms with E-state index in [0.717, 1.165) is 42.7 Å². The number of ether oxygens (including phenoxy) is 2. The zero-order valence-electron chi connectivity index (χ0n) is 22.1. The van der Waals surface area contributed by atoms with Gasteiger partial charge in [-0.2, -0.15) is 0 Å². The Hall–Kier alpha value is -2.73. The molecule has 1 atom stereocenters. The van der Waals surface area contributed by atoms with Crippen molar-refractivity contribution in [2.24, 2.45) is 5.92 Å². The van der Waals surface area contributed by atoms with Crippen LogP contribution in [0.25, 0.3) is 0 Å². The highest BCUT2D eigenvalue weighted by atomic mass is 16.5. The zero-order chi connectivity index (χ0) is 25.1. The Labute approximate surface area is 213 Å². The number of carbonyl (C=O) groups is 1. The van der Waals surface area contributed by atoms with Crippen LogP contribution in [0, 0.1) is 17.8 Å². The molecule has 0 N–H and O–H groups in total. The lowest BCUT2D eigenvalue weighted by atomic mass is 10.1. The molecule has 0 heterocycles. The first-order valence-corrected chi connectivity index (χ1v) is 13.6. The summed E-state index contributed by atoms with van der Waals surface area (Å²) in [6, 6.07) is 15.2. The Kier molecular flexibility index (Phi) is 14.4. The van der Waals surface area contributed by atoms with Crippen molar-refractivity contribution in [1.29, 1.82) is 0 Å². The summed E-state index contributed by atoms with van der Waals surface area (Å²) < 4.78 is 11.3. The summed E-state index contributed by atoms with van der Waals surface area (Å²) in [6.45, 7) is 7.79. The molecule has 0 unspecified atom stereocenters. The third kappa shape index (κ3) is 12.5. The summed E-state index contributed by atoms with van der Waals surface area (Å²) in [5.41, 5.74) is 2.37. The minimum absolute atomic E-state index is 0.268. The highest BCUT2D eigenvalue weighted by molar-refractivity contribution is 5.89. The monoisotopic (exact) mass is 476 g/mol. The summed E-state index contributed by atoms with van der Waals surface area (Å²) in [5, 5.41) is 0. The molecule has 0 amide bonds. The third-order valence-electron chi connectivity index (χ3n) is 6.14. The lowest BCUT2D eigenvalue weighted by molar-refractivity contribution is 0.0443. The van der Waals surface area contributed by atoms with E-state index in [0.29, 0.717) is 18.1 Å². The molecule has 3 heteroatoms. The lowest BCUT2D eigenvalue weighted by Gasteiger charge is -2.11. The van der Waals surface area contributed by atoms with E-state index in [1.54, 1.807) is 12.1 Å². The first-order chi connectivity index (χ1) is 17.1. The molecule has 0 aliphatic rings. The second kappa shape index (κ2) is 17.7. The largest absolute Gasteiger partial charge is 0.494 e. The smallest absolute Gasteiger partial charge is 0.338 e. The highest BCUT2D eigenvalue weighted by Gasteiger charge is 2.09. The second-order valence-corrected chi connectivity index (χ2v) is 9.52. The van der Waals surface area contributed by atoms with Crippen LogP contribution >= 0.6 is 0 Å². The quantitative estimate of drug-likeness (QED) is 0.138. The molecule has 0 aromatic heterocycles. The summed E-state index contributed by atoms with van der Waals surface area (Å²) in [7, 11) is 0. The SMILES string of the molecule is CCCCCCCCCCOc1ccc(C#Cc2ccc(C(=O)OC[C@@H](C)CCCC)cc2)cc1. The molecule has 2 aromatic rings. The van der Waals surface area contributed by atoms with Crippen LogP contribution in [0.2, 0.25) is 0 Å². The molecule has 2 rings (SSSR count). The van der Waals surface area contributed by atoms with Crippen molar-refractivity contribution in [3.05, 3.63) is 65.2 Å². The van der Waals surface area contributed by atoms with Gasteiger partial charge < -0.3 is 9.47 Å². The van der Waals surface area contributed by atoms with Gasteiger partial charge in [-0.05, 0) is 67.3 Å². The average molecular weight is 477 g/mol. The molecule has 0 saturated heterocycles. The summed E-state index contributed by atoms with van der Waals surface area (Å²) in [6.07, 6.45) is 13.8. The summed E-state index contributed by atoms with van der Waals surface area (Å²) in [4.78, 5) is 12.3. The van der Waals surface area contributed by atoms with Gasteiger partial charge in [-0.25, -0.2) is 4.79 Å². The van der Waals surface area contributed by atoms with E-state index in [9.17, 15) is 4.79 Å². The van der Waals surface area contributed by atoms with Crippen LogP contribution in [0.4, 0.5) is 0 Å². The molecule has 0 fully saturated rings. The fourth-order valence-corrected chi connectivity index (χ4v) is 3.83. The first-order valence-electron chi connectivity index (χ1n) is 13.6. The van der Waals surface area contributed by atoms with E-state index >= 15 is 0 Å². The Morgan fingerprint density at radius 3 is 1.89 bits per heavy atom. The number of unbranched alkanes of at least 4 members (excludes halogenated alkanes) is 8. The van der Waals surface area contributed by atoms with E-state index < -0.39 is 0 Å². The van der Waals surface area contributed by atoms with Crippen molar-refractivity contribution in [3.8, 4) is 17.6 Å². The maximum atomic E-state index is 12.3. The Bertz CT molecular complexity index is 887. The van der Waals surface area contributed by atoms with Crippen LogP contribution in [0.1, 0.15) is 113 Å². The number of esters is 1. The number of hydrogen-bond donors (Lipinski definition) is 0. The molecule has 3 nitrogen and oxygen atoms in total. The predicted octanol–water partition coefficient (Wildman–Crippen LogP) is 8.59. The molecular weight excluding hydrogens is 432 g/mol. The van der Waals surface area contributed by atoms with Gasteiger partial charge in [-0.3, -0.25) is 0 Å². The highest BCUT2D eigenvalue weighted by Crippen LogP contribution is 2.14. The van der Waals surface area contributed by atoms with Crippen LogP contribution in [-0.2, 0) is 4.74 Å².